The molecule has 0 radical (unpaired) electrons. The molecule has 6 heteroatoms. The summed E-state index contributed by atoms with van der Waals surface area (Å²) < 4.78 is 11.7. The third-order valence-electron chi connectivity index (χ3n) is 3.40. The number of methoxy groups -OCH3 is 2. The number of piperazine rings is 1. The Bertz CT molecular complexity index is 445. The van der Waals surface area contributed by atoms with Gasteiger partial charge < -0.3 is 14.8 Å². The van der Waals surface area contributed by atoms with Gasteiger partial charge in [0.1, 0.15) is 0 Å². The lowest BCUT2D eigenvalue weighted by Crippen LogP contribution is -2.48. The number of nitrogens with zero attached hydrogens (tertiary/aromatic N) is 1. The molecule has 20 heavy (non-hydrogen) atoms. The first-order valence-electron chi connectivity index (χ1n) is 6.50. The maximum absolute atomic E-state index is 5.37. The first-order valence-corrected chi connectivity index (χ1v) is 7.29. The molecule has 0 aromatic heterocycles. The highest BCUT2D eigenvalue weighted by atomic mass is 79.9. The van der Waals surface area contributed by atoms with Crippen LogP contribution in [0, 0.1) is 0 Å². The second-order valence-electron chi connectivity index (χ2n) is 4.89. The van der Waals surface area contributed by atoms with E-state index >= 15 is 0 Å². The Hall–Kier alpha value is -0.490. The summed E-state index contributed by atoms with van der Waals surface area (Å²) in [4.78, 5) is 2.45. The van der Waals surface area contributed by atoms with Gasteiger partial charge in [0.05, 0.1) is 14.2 Å². The van der Waals surface area contributed by atoms with E-state index in [-0.39, 0.29) is 12.4 Å². The summed E-state index contributed by atoms with van der Waals surface area (Å²) in [5.41, 5.74) is 1.23. The molecule has 0 amide bonds. The second-order valence-corrected chi connectivity index (χ2v) is 5.74. The van der Waals surface area contributed by atoms with Crippen molar-refractivity contribution in [3.8, 4) is 11.5 Å². The van der Waals surface area contributed by atoms with Gasteiger partial charge in [0, 0.05) is 36.7 Å². The van der Waals surface area contributed by atoms with Gasteiger partial charge >= 0.3 is 0 Å². The van der Waals surface area contributed by atoms with Crippen LogP contribution >= 0.6 is 28.3 Å². The van der Waals surface area contributed by atoms with Gasteiger partial charge in [-0.1, -0.05) is 15.9 Å². The number of rotatable bonds is 4. The van der Waals surface area contributed by atoms with Crippen LogP contribution < -0.4 is 14.8 Å². The number of hydrogen-bond acceptors (Lipinski definition) is 4. The maximum Gasteiger partial charge on any atom is 0.161 e. The zero-order chi connectivity index (χ0) is 13.8. The molecule has 1 N–H and O–H groups in total. The Balaban J connectivity index is 0.00000200. The highest BCUT2D eigenvalue weighted by Gasteiger charge is 2.18. The van der Waals surface area contributed by atoms with Crippen LogP contribution in [-0.4, -0.2) is 44.8 Å². The fourth-order valence-electron chi connectivity index (χ4n) is 2.41. The minimum Gasteiger partial charge on any atom is -0.493 e. The fraction of sp³-hybridized carbons (Fsp3) is 0.571. The molecule has 0 aliphatic carbocycles. The normalized spacial score (nSPS) is 19.3. The first kappa shape index (κ1) is 17.6. The Morgan fingerprint density at radius 2 is 1.95 bits per heavy atom. The van der Waals surface area contributed by atoms with Crippen molar-refractivity contribution >= 4 is 28.3 Å². The lowest BCUT2D eigenvalue weighted by atomic mass is 10.1. The van der Waals surface area contributed by atoms with E-state index in [1.165, 1.54) is 5.56 Å². The molecule has 0 unspecified atom stereocenters. The maximum atomic E-state index is 5.37. The molecular weight excluding hydrogens is 344 g/mol. The number of benzene rings is 1. The van der Waals surface area contributed by atoms with Crippen molar-refractivity contribution in [2.75, 3.05) is 33.9 Å². The van der Waals surface area contributed by atoms with E-state index in [9.17, 15) is 0 Å². The Morgan fingerprint density at radius 1 is 1.30 bits per heavy atom. The molecular formula is C14H22BrClN2O2. The lowest BCUT2D eigenvalue weighted by molar-refractivity contribution is 0.199. The van der Waals surface area contributed by atoms with E-state index in [0.29, 0.717) is 6.04 Å². The van der Waals surface area contributed by atoms with Crippen molar-refractivity contribution in [3.05, 3.63) is 22.2 Å². The molecule has 1 fully saturated rings. The average molecular weight is 366 g/mol. The summed E-state index contributed by atoms with van der Waals surface area (Å²) in [6.07, 6.45) is 0. The predicted octanol–water partition coefficient (Wildman–Crippen LogP) is 2.68. The van der Waals surface area contributed by atoms with Crippen LogP contribution in [0.25, 0.3) is 0 Å². The quantitative estimate of drug-likeness (QED) is 0.889. The number of halogens is 2. The highest BCUT2D eigenvalue weighted by molar-refractivity contribution is 9.10. The molecule has 2 rings (SSSR count). The molecule has 1 saturated heterocycles. The minimum atomic E-state index is 0. The van der Waals surface area contributed by atoms with Gasteiger partial charge in [0.25, 0.3) is 0 Å². The number of ether oxygens (including phenoxy) is 2. The lowest BCUT2D eigenvalue weighted by Gasteiger charge is -2.32. The zero-order valence-corrected chi connectivity index (χ0v) is 14.5. The molecule has 1 aliphatic heterocycles. The summed E-state index contributed by atoms with van der Waals surface area (Å²) in [7, 11) is 3.32. The summed E-state index contributed by atoms with van der Waals surface area (Å²) in [6, 6.07) is 4.57. The molecule has 0 bridgehead atoms. The predicted molar refractivity (Wildman–Crippen MR) is 87.2 cm³/mol. The molecule has 0 saturated carbocycles. The second kappa shape index (κ2) is 8.08. The third kappa shape index (κ3) is 4.25. The van der Waals surface area contributed by atoms with Gasteiger partial charge in [-0.15, -0.1) is 12.4 Å². The van der Waals surface area contributed by atoms with Crippen molar-refractivity contribution in [1.82, 2.24) is 10.2 Å². The van der Waals surface area contributed by atoms with E-state index < -0.39 is 0 Å². The SMILES string of the molecule is COc1cc(Br)c(CN2CCN[C@H](C)C2)cc1OC.Cl. The molecule has 1 heterocycles. The van der Waals surface area contributed by atoms with Crippen LogP contribution in [0.1, 0.15) is 12.5 Å². The summed E-state index contributed by atoms with van der Waals surface area (Å²) >= 11 is 3.62. The van der Waals surface area contributed by atoms with Gasteiger partial charge in [0.15, 0.2) is 11.5 Å². The van der Waals surface area contributed by atoms with Gasteiger partial charge in [-0.2, -0.15) is 0 Å². The molecule has 4 nitrogen and oxygen atoms in total. The van der Waals surface area contributed by atoms with Crippen molar-refractivity contribution in [3.63, 3.8) is 0 Å². The molecule has 1 aliphatic rings. The third-order valence-corrected chi connectivity index (χ3v) is 4.14. The van der Waals surface area contributed by atoms with Crippen molar-refractivity contribution in [1.29, 1.82) is 0 Å². The van der Waals surface area contributed by atoms with Gasteiger partial charge in [-0.05, 0) is 24.6 Å². The van der Waals surface area contributed by atoms with Crippen LogP contribution in [0.2, 0.25) is 0 Å². The summed E-state index contributed by atoms with van der Waals surface area (Å²) in [5.74, 6) is 1.54. The standard InChI is InChI=1S/C14H21BrN2O2.ClH/c1-10-8-17(5-4-16-10)9-11-6-13(18-2)14(19-3)7-12(11)15;/h6-7,10,16H,4-5,8-9H2,1-3H3;1H/t10-;/m1./s1. The summed E-state index contributed by atoms with van der Waals surface area (Å²) in [6.45, 7) is 6.33. The summed E-state index contributed by atoms with van der Waals surface area (Å²) in [5, 5.41) is 3.46. The molecule has 1 atom stereocenters. The Morgan fingerprint density at radius 3 is 2.55 bits per heavy atom. The van der Waals surface area contributed by atoms with E-state index in [1.807, 2.05) is 6.07 Å². The van der Waals surface area contributed by atoms with Crippen molar-refractivity contribution in [2.24, 2.45) is 0 Å². The van der Waals surface area contributed by atoms with Gasteiger partial charge in [-0.3, -0.25) is 4.90 Å². The molecule has 114 valence electrons. The zero-order valence-electron chi connectivity index (χ0n) is 12.1. The van der Waals surface area contributed by atoms with E-state index in [0.717, 1.165) is 42.2 Å². The number of nitrogens with one attached hydrogen (secondary N) is 1. The van der Waals surface area contributed by atoms with Crippen LogP contribution in [-0.2, 0) is 6.54 Å². The largest absolute Gasteiger partial charge is 0.493 e. The fourth-order valence-corrected chi connectivity index (χ4v) is 2.86. The Kier molecular flexibility index (Phi) is 7.09. The van der Waals surface area contributed by atoms with Crippen LogP contribution in [0.5, 0.6) is 11.5 Å². The van der Waals surface area contributed by atoms with Crippen molar-refractivity contribution in [2.45, 2.75) is 19.5 Å². The molecule has 1 aromatic rings. The van der Waals surface area contributed by atoms with E-state index in [2.05, 4.69) is 39.1 Å². The van der Waals surface area contributed by atoms with Gasteiger partial charge in [-0.25, -0.2) is 0 Å². The van der Waals surface area contributed by atoms with Crippen LogP contribution in [0.4, 0.5) is 0 Å². The van der Waals surface area contributed by atoms with Crippen LogP contribution in [0.15, 0.2) is 16.6 Å². The number of hydrogen-bond donors (Lipinski definition) is 1. The molecule has 1 aromatic carbocycles. The highest BCUT2D eigenvalue weighted by Crippen LogP contribution is 2.33. The van der Waals surface area contributed by atoms with E-state index in [1.54, 1.807) is 14.2 Å². The Labute approximate surface area is 135 Å². The monoisotopic (exact) mass is 364 g/mol. The molecule has 0 spiro atoms. The van der Waals surface area contributed by atoms with Gasteiger partial charge in [0.2, 0.25) is 0 Å². The smallest absolute Gasteiger partial charge is 0.161 e. The van der Waals surface area contributed by atoms with Crippen LogP contribution in [0.3, 0.4) is 0 Å². The minimum absolute atomic E-state index is 0. The van der Waals surface area contributed by atoms with Crippen molar-refractivity contribution < 1.29 is 9.47 Å². The topological polar surface area (TPSA) is 33.7 Å². The first-order chi connectivity index (χ1) is 9.13. The van der Waals surface area contributed by atoms with E-state index in [4.69, 9.17) is 9.47 Å². The average Bonchev–Trinajstić information content (AvgIpc) is 2.40.